The summed E-state index contributed by atoms with van der Waals surface area (Å²) in [4.78, 5) is 19.1. The zero-order valence-electron chi connectivity index (χ0n) is 18.5. The second-order valence-electron chi connectivity index (χ2n) is 8.89. The molecule has 1 atom stereocenters. The van der Waals surface area contributed by atoms with Gasteiger partial charge in [0.15, 0.2) is 0 Å². The number of hydrogen-bond donors (Lipinski definition) is 1. The van der Waals surface area contributed by atoms with Crippen molar-refractivity contribution in [2.75, 3.05) is 19.6 Å². The summed E-state index contributed by atoms with van der Waals surface area (Å²) in [6.07, 6.45) is 6.22. The van der Waals surface area contributed by atoms with Gasteiger partial charge in [-0.25, -0.2) is 4.39 Å². The maximum Gasteiger partial charge on any atom is 0.271 e. The Morgan fingerprint density at radius 3 is 2.73 bits per heavy atom. The second kappa shape index (κ2) is 9.70. The van der Waals surface area contributed by atoms with Gasteiger partial charge >= 0.3 is 0 Å². The molecule has 8 heteroatoms. The first-order chi connectivity index (χ1) is 16.1. The van der Waals surface area contributed by atoms with Gasteiger partial charge in [-0.15, -0.1) is 0 Å². The Labute approximate surface area is 192 Å². The molecule has 0 unspecified atom stereocenters. The molecular formula is C25H28FN5O2. The summed E-state index contributed by atoms with van der Waals surface area (Å²) in [5, 5.41) is 7.55. The highest BCUT2D eigenvalue weighted by Gasteiger charge is 2.27. The van der Waals surface area contributed by atoms with Crippen LogP contribution in [-0.2, 0) is 19.5 Å². The van der Waals surface area contributed by atoms with Crippen LogP contribution in [0.4, 0.5) is 4.39 Å². The number of pyridine rings is 1. The lowest BCUT2D eigenvalue weighted by molar-refractivity contribution is 0.0928. The lowest BCUT2D eigenvalue weighted by Crippen LogP contribution is -2.38. The molecule has 4 heterocycles. The standard InChI is InChI=1S/C25H28FN5O2/c26-20-5-3-19(4-6-20)16-30-10-7-18(8-11-30)14-28-25(32)24-13-21-12-23(17-31(21)29-24)33-22-2-1-9-27-15-22/h1-6,9,13,15,18,23H,7-8,10-12,14,16-17H2,(H,28,32)/t23-/m0/s1. The van der Waals surface area contributed by atoms with Gasteiger partial charge in [-0.1, -0.05) is 12.1 Å². The molecule has 2 aliphatic heterocycles. The number of hydrogen-bond acceptors (Lipinski definition) is 5. The minimum atomic E-state index is -0.200. The number of fused-ring (bicyclic) bond motifs is 1. The molecule has 7 nitrogen and oxygen atoms in total. The van der Waals surface area contributed by atoms with Crippen molar-refractivity contribution >= 4 is 5.91 Å². The molecule has 2 aliphatic rings. The summed E-state index contributed by atoms with van der Waals surface area (Å²) in [6.45, 7) is 4.09. The summed E-state index contributed by atoms with van der Waals surface area (Å²) in [6, 6.07) is 12.3. The van der Waals surface area contributed by atoms with Crippen molar-refractivity contribution in [1.29, 1.82) is 0 Å². The maximum absolute atomic E-state index is 13.1. The first-order valence-corrected chi connectivity index (χ1v) is 11.5. The minimum absolute atomic E-state index is 0.00825. The first-order valence-electron chi connectivity index (χ1n) is 11.5. The Balaban J connectivity index is 1.05. The van der Waals surface area contributed by atoms with Crippen LogP contribution in [-0.4, -0.2) is 51.3 Å². The van der Waals surface area contributed by atoms with Gasteiger partial charge in [0.05, 0.1) is 12.7 Å². The van der Waals surface area contributed by atoms with Crippen molar-refractivity contribution < 1.29 is 13.9 Å². The molecule has 1 saturated heterocycles. The number of halogens is 1. The van der Waals surface area contributed by atoms with Gasteiger partial charge in [0.25, 0.3) is 5.91 Å². The van der Waals surface area contributed by atoms with Gasteiger partial charge in [-0.2, -0.15) is 5.10 Å². The van der Waals surface area contributed by atoms with E-state index in [9.17, 15) is 9.18 Å². The van der Waals surface area contributed by atoms with E-state index in [-0.39, 0.29) is 17.8 Å². The minimum Gasteiger partial charge on any atom is -0.486 e. The van der Waals surface area contributed by atoms with Crippen LogP contribution in [0.5, 0.6) is 5.75 Å². The van der Waals surface area contributed by atoms with Crippen LogP contribution in [0, 0.1) is 11.7 Å². The number of amides is 1. The number of rotatable bonds is 7. The van der Waals surface area contributed by atoms with Crippen molar-refractivity contribution in [3.63, 3.8) is 0 Å². The Morgan fingerprint density at radius 2 is 2.00 bits per heavy atom. The van der Waals surface area contributed by atoms with Crippen LogP contribution in [0.2, 0.25) is 0 Å². The molecule has 33 heavy (non-hydrogen) atoms. The average Bonchev–Trinajstić information content (AvgIpc) is 3.39. The van der Waals surface area contributed by atoms with E-state index in [1.54, 1.807) is 12.4 Å². The van der Waals surface area contributed by atoms with E-state index in [0.29, 0.717) is 24.7 Å². The summed E-state index contributed by atoms with van der Waals surface area (Å²) in [7, 11) is 0. The second-order valence-corrected chi connectivity index (χ2v) is 8.89. The fourth-order valence-electron chi connectivity index (χ4n) is 4.59. The summed E-state index contributed by atoms with van der Waals surface area (Å²) in [5.74, 6) is 0.893. The third-order valence-corrected chi connectivity index (χ3v) is 6.42. The first kappa shape index (κ1) is 21.6. The van der Waals surface area contributed by atoms with E-state index in [1.165, 1.54) is 12.1 Å². The number of nitrogens with one attached hydrogen (secondary N) is 1. The van der Waals surface area contributed by atoms with Gasteiger partial charge < -0.3 is 10.1 Å². The zero-order valence-corrected chi connectivity index (χ0v) is 18.5. The van der Waals surface area contributed by atoms with Crippen molar-refractivity contribution in [2.45, 2.75) is 38.5 Å². The van der Waals surface area contributed by atoms with E-state index >= 15 is 0 Å². The Kier molecular flexibility index (Phi) is 6.35. The van der Waals surface area contributed by atoms with Crippen LogP contribution in [0.25, 0.3) is 0 Å². The molecule has 0 radical (unpaired) electrons. The molecular weight excluding hydrogens is 421 g/mol. The Morgan fingerprint density at radius 1 is 1.18 bits per heavy atom. The smallest absolute Gasteiger partial charge is 0.271 e. The van der Waals surface area contributed by atoms with Crippen LogP contribution in [0.15, 0.2) is 54.9 Å². The number of nitrogens with zero attached hydrogens (tertiary/aromatic N) is 4. The molecule has 1 fully saturated rings. The van der Waals surface area contributed by atoms with Crippen LogP contribution in [0.1, 0.15) is 34.6 Å². The highest BCUT2D eigenvalue weighted by Crippen LogP contribution is 2.22. The fraction of sp³-hybridized carbons (Fsp3) is 0.400. The third-order valence-electron chi connectivity index (χ3n) is 6.42. The largest absolute Gasteiger partial charge is 0.486 e. The highest BCUT2D eigenvalue weighted by molar-refractivity contribution is 5.92. The highest BCUT2D eigenvalue weighted by atomic mass is 19.1. The Bertz CT molecular complexity index is 1050. The maximum atomic E-state index is 13.1. The molecule has 1 N–H and O–H groups in total. The third kappa shape index (κ3) is 5.39. The fourth-order valence-corrected chi connectivity index (χ4v) is 4.59. The number of aromatic nitrogens is 3. The molecule has 0 saturated carbocycles. The molecule has 0 spiro atoms. The predicted octanol–water partition coefficient (Wildman–Crippen LogP) is 3.06. The van der Waals surface area contributed by atoms with E-state index in [1.807, 2.05) is 35.0 Å². The molecule has 2 aromatic heterocycles. The SMILES string of the molecule is O=C(NCC1CCN(Cc2ccc(F)cc2)CC1)c1cc2n(n1)C[C@@H](Oc1cccnc1)C2. The monoisotopic (exact) mass is 449 g/mol. The van der Waals surface area contributed by atoms with Gasteiger partial charge in [0, 0.05) is 31.4 Å². The normalized spacial score (nSPS) is 18.8. The number of carbonyl (C=O) groups excluding carboxylic acids is 1. The lowest BCUT2D eigenvalue weighted by atomic mass is 9.96. The summed E-state index contributed by atoms with van der Waals surface area (Å²) >= 11 is 0. The van der Waals surface area contributed by atoms with Crippen molar-refractivity contribution in [1.82, 2.24) is 25.0 Å². The molecule has 3 aromatic rings. The molecule has 172 valence electrons. The van der Waals surface area contributed by atoms with Crippen LogP contribution >= 0.6 is 0 Å². The summed E-state index contributed by atoms with van der Waals surface area (Å²) < 4.78 is 20.9. The van der Waals surface area contributed by atoms with E-state index in [4.69, 9.17) is 4.74 Å². The average molecular weight is 450 g/mol. The van der Waals surface area contributed by atoms with Crippen molar-refractivity contribution in [3.05, 3.63) is 77.6 Å². The van der Waals surface area contributed by atoms with Crippen LogP contribution in [0.3, 0.4) is 0 Å². The van der Waals surface area contributed by atoms with Gasteiger partial charge in [0.2, 0.25) is 0 Å². The zero-order chi connectivity index (χ0) is 22.6. The quantitative estimate of drug-likeness (QED) is 0.600. The summed E-state index contributed by atoms with van der Waals surface area (Å²) in [5.41, 5.74) is 2.62. The van der Waals surface area contributed by atoms with E-state index in [2.05, 4.69) is 20.3 Å². The molecule has 0 aliphatic carbocycles. The lowest BCUT2D eigenvalue weighted by Gasteiger charge is -2.32. The predicted molar refractivity (Wildman–Crippen MR) is 121 cm³/mol. The van der Waals surface area contributed by atoms with Crippen LogP contribution < -0.4 is 10.1 Å². The van der Waals surface area contributed by atoms with E-state index < -0.39 is 0 Å². The van der Waals surface area contributed by atoms with Gasteiger partial charge in [0.1, 0.15) is 23.4 Å². The van der Waals surface area contributed by atoms with Crippen molar-refractivity contribution in [3.8, 4) is 5.75 Å². The number of piperidine rings is 1. The van der Waals surface area contributed by atoms with E-state index in [0.717, 1.165) is 55.9 Å². The molecule has 0 bridgehead atoms. The topological polar surface area (TPSA) is 72.3 Å². The van der Waals surface area contributed by atoms with Gasteiger partial charge in [-0.3, -0.25) is 19.4 Å². The van der Waals surface area contributed by atoms with Gasteiger partial charge in [-0.05, 0) is 67.7 Å². The number of carbonyl (C=O) groups is 1. The molecule has 1 amide bonds. The molecule has 1 aromatic carbocycles. The number of likely N-dealkylation sites (tertiary alicyclic amines) is 1. The van der Waals surface area contributed by atoms with Crippen molar-refractivity contribution in [2.24, 2.45) is 5.92 Å². The number of ether oxygens (including phenoxy) is 1. The molecule has 5 rings (SSSR count). The number of benzene rings is 1. The Hall–Kier alpha value is -3.26.